The molecule has 2 rings (SSSR count). The Kier molecular flexibility index (Phi) is 3.47. The number of thioether (sulfide) groups is 1. The van der Waals surface area contributed by atoms with E-state index in [1.807, 2.05) is 34.4 Å². The maximum Gasteiger partial charge on any atom is 0.0282 e. The molecular formula is C10H10S3. The third kappa shape index (κ3) is 2.86. The number of rotatable bonds is 4. The highest BCUT2D eigenvalue weighted by molar-refractivity contribution is 7.97. The predicted octanol–water partition coefficient (Wildman–Crippen LogP) is 4.24. The normalized spacial score (nSPS) is 10.5. The average Bonchev–Trinajstić information content (AvgIpc) is 2.75. The van der Waals surface area contributed by atoms with Gasteiger partial charge in [0, 0.05) is 21.3 Å². The van der Waals surface area contributed by atoms with Crippen molar-refractivity contribution in [1.29, 1.82) is 0 Å². The van der Waals surface area contributed by atoms with Crippen molar-refractivity contribution >= 4 is 34.4 Å². The Morgan fingerprint density at radius 2 is 1.46 bits per heavy atom. The molecule has 0 amide bonds. The highest BCUT2D eigenvalue weighted by Crippen LogP contribution is 2.22. The lowest BCUT2D eigenvalue weighted by atomic mass is 10.5. The molecule has 0 saturated carbocycles. The van der Waals surface area contributed by atoms with Gasteiger partial charge in [-0.2, -0.15) is 11.8 Å². The second-order valence-electron chi connectivity index (χ2n) is 2.65. The van der Waals surface area contributed by atoms with Gasteiger partial charge < -0.3 is 0 Å². The average molecular weight is 226 g/mol. The Morgan fingerprint density at radius 1 is 0.923 bits per heavy atom. The Bertz CT molecular complexity index is 287. The van der Waals surface area contributed by atoms with E-state index in [4.69, 9.17) is 0 Å². The first kappa shape index (κ1) is 9.31. The fraction of sp³-hybridized carbons (Fsp3) is 0.200. The molecule has 13 heavy (non-hydrogen) atoms. The van der Waals surface area contributed by atoms with Crippen LogP contribution in [0.4, 0.5) is 0 Å². The minimum absolute atomic E-state index is 1.15. The molecule has 0 nitrogen and oxygen atoms in total. The molecule has 3 heteroatoms. The molecular weight excluding hydrogens is 216 g/mol. The van der Waals surface area contributed by atoms with Crippen molar-refractivity contribution in [2.45, 2.75) is 11.5 Å². The smallest absolute Gasteiger partial charge is 0.0282 e. The van der Waals surface area contributed by atoms with Crippen LogP contribution in [-0.4, -0.2) is 0 Å². The highest BCUT2D eigenvalue weighted by Gasteiger charge is 1.96. The Balaban J connectivity index is 1.76. The summed E-state index contributed by atoms with van der Waals surface area (Å²) in [5.41, 5.74) is 0. The maximum atomic E-state index is 2.20. The van der Waals surface area contributed by atoms with E-state index in [9.17, 15) is 0 Å². The van der Waals surface area contributed by atoms with E-state index in [2.05, 4.69) is 35.0 Å². The van der Waals surface area contributed by atoms with Crippen molar-refractivity contribution in [3.05, 3.63) is 44.8 Å². The summed E-state index contributed by atoms with van der Waals surface area (Å²) in [5.74, 6) is 2.30. The topological polar surface area (TPSA) is 0 Å². The first-order valence-corrected chi connectivity index (χ1v) is 6.99. The van der Waals surface area contributed by atoms with Gasteiger partial charge in [-0.3, -0.25) is 0 Å². The summed E-state index contributed by atoms with van der Waals surface area (Å²) in [6, 6.07) is 8.63. The standard InChI is InChI=1S/C10H10S3/c1-3-9(12-5-1)7-11-8-10-4-2-6-13-10/h1-6H,7-8H2. The van der Waals surface area contributed by atoms with Gasteiger partial charge in [0.2, 0.25) is 0 Å². The molecule has 0 aliphatic heterocycles. The summed E-state index contributed by atoms with van der Waals surface area (Å²) in [6.07, 6.45) is 0. The van der Waals surface area contributed by atoms with Gasteiger partial charge in [0.05, 0.1) is 0 Å². The molecule has 0 radical (unpaired) electrons. The van der Waals surface area contributed by atoms with Crippen LogP contribution in [-0.2, 0) is 11.5 Å². The van der Waals surface area contributed by atoms with E-state index < -0.39 is 0 Å². The third-order valence-corrected chi connectivity index (χ3v) is 4.80. The summed E-state index contributed by atoms with van der Waals surface area (Å²) in [5, 5.41) is 4.28. The lowest BCUT2D eigenvalue weighted by molar-refractivity contribution is 1.48. The zero-order chi connectivity index (χ0) is 8.93. The van der Waals surface area contributed by atoms with Crippen molar-refractivity contribution in [1.82, 2.24) is 0 Å². The minimum Gasteiger partial charge on any atom is -0.151 e. The summed E-state index contributed by atoms with van der Waals surface area (Å²) < 4.78 is 0. The molecule has 0 aliphatic carbocycles. The van der Waals surface area contributed by atoms with Crippen molar-refractivity contribution in [3.63, 3.8) is 0 Å². The van der Waals surface area contributed by atoms with E-state index in [1.54, 1.807) is 0 Å². The number of hydrogen-bond acceptors (Lipinski definition) is 3. The fourth-order valence-corrected chi connectivity index (χ4v) is 3.76. The van der Waals surface area contributed by atoms with Gasteiger partial charge in [0.15, 0.2) is 0 Å². The number of thiophene rings is 2. The fourth-order valence-electron chi connectivity index (χ4n) is 1.04. The molecule has 0 atom stereocenters. The van der Waals surface area contributed by atoms with Crippen LogP contribution in [0.5, 0.6) is 0 Å². The van der Waals surface area contributed by atoms with Gasteiger partial charge in [-0.05, 0) is 22.9 Å². The molecule has 2 aromatic rings. The minimum atomic E-state index is 1.15. The van der Waals surface area contributed by atoms with Crippen LogP contribution < -0.4 is 0 Å². The third-order valence-electron chi connectivity index (χ3n) is 1.65. The quantitative estimate of drug-likeness (QED) is 0.751. The molecule has 0 fully saturated rings. The van der Waals surface area contributed by atoms with E-state index in [1.165, 1.54) is 9.75 Å². The molecule has 0 bridgehead atoms. The highest BCUT2D eigenvalue weighted by atomic mass is 32.2. The zero-order valence-electron chi connectivity index (χ0n) is 7.10. The van der Waals surface area contributed by atoms with Crippen LogP contribution in [0, 0.1) is 0 Å². The van der Waals surface area contributed by atoms with Crippen molar-refractivity contribution < 1.29 is 0 Å². The first-order valence-electron chi connectivity index (χ1n) is 4.07. The van der Waals surface area contributed by atoms with Crippen molar-refractivity contribution in [2.75, 3.05) is 0 Å². The second-order valence-corrected chi connectivity index (χ2v) is 5.70. The van der Waals surface area contributed by atoms with Gasteiger partial charge >= 0.3 is 0 Å². The second kappa shape index (κ2) is 4.84. The summed E-state index contributed by atoms with van der Waals surface area (Å²) in [6.45, 7) is 0. The molecule has 2 heterocycles. The van der Waals surface area contributed by atoms with Gasteiger partial charge in [0.25, 0.3) is 0 Å². The van der Waals surface area contributed by atoms with Crippen molar-refractivity contribution in [3.8, 4) is 0 Å². The molecule has 0 saturated heterocycles. The van der Waals surface area contributed by atoms with Gasteiger partial charge in [0.1, 0.15) is 0 Å². The Hall–Kier alpha value is -0.250. The summed E-state index contributed by atoms with van der Waals surface area (Å²) in [7, 11) is 0. The Morgan fingerprint density at radius 3 is 1.85 bits per heavy atom. The largest absolute Gasteiger partial charge is 0.151 e. The SMILES string of the molecule is c1csc(CSCc2cccs2)c1. The zero-order valence-corrected chi connectivity index (χ0v) is 9.55. The molecule has 2 aromatic heterocycles. The lowest BCUT2D eigenvalue weighted by Gasteiger charge is -1.95. The van der Waals surface area contributed by atoms with Crippen LogP contribution >= 0.6 is 34.4 Å². The van der Waals surface area contributed by atoms with Gasteiger partial charge in [-0.15, -0.1) is 22.7 Å². The van der Waals surface area contributed by atoms with Crippen molar-refractivity contribution in [2.24, 2.45) is 0 Å². The van der Waals surface area contributed by atoms with Gasteiger partial charge in [-0.1, -0.05) is 12.1 Å². The summed E-state index contributed by atoms with van der Waals surface area (Å²) in [4.78, 5) is 2.95. The van der Waals surface area contributed by atoms with Crippen LogP contribution in [0.2, 0.25) is 0 Å². The summed E-state index contributed by atoms with van der Waals surface area (Å²) >= 11 is 5.67. The molecule has 68 valence electrons. The van der Waals surface area contributed by atoms with E-state index >= 15 is 0 Å². The lowest BCUT2D eigenvalue weighted by Crippen LogP contribution is -1.75. The molecule has 0 N–H and O–H groups in total. The van der Waals surface area contributed by atoms with Crippen LogP contribution in [0.25, 0.3) is 0 Å². The molecule has 0 unspecified atom stereocenters. The Labute approximate surface area is 90.6 Å². The van der Waals surface area contributed by atoms with Gasteiger partial charge in [-0.25, -0.2) is 0 Å². The monoisotopic (exact) mass is 226 g/mol. The van der Waals surface area contributed by atoms with E-state index in [0.717, 1.165) is 11.5 Å². The van der Waals surface area contributed by atoms with E-state index in [0.29, 0.717) is 0 Å². The molecule has 0 aliphatic rings. The molecule has 0 spiro atoms. The van der Waals surface area contributed by atoms with Crippen LogP contribution in [0.3, 0.4) is 0 Å². The van der Waals surface area contributed by atoms with Crippen LogP contribution in [0.15, 0.2) is 35.0 Å². The van der Waals surface area contributed by atoms with E-state index in [-0.39, 0.29) is 0 Å². The predicted molar refractivity (Wildman–Crippen MR) is 63.6 cm³/mol. The maximum absolute atomic E-state index is 2.20. The first-order chi connectivity index (χ1) is 6.45. The number of hydrogen-bond donors (Lipinski definition) is 0. The molecule has 0 aromatic carbocycles. The van der Waals surface area contributed by atoms with Crippen LogP contribution in [0.1, 0.15) is 9.75 Å².